The molecule has 7 heteroatoms. The third kappa shape index (κ3) is 4.87. The Kier molecular flexibility index (Phi) is 6.50. The van der Waals surface area contributed by atoms with Crippen molar-refractivity contribution in [1.29, 1.82) is 0 Å². The monoisotopic (exact) mass is 392 g/mol. The van der Waals surface area contributed by atoms with E-state index >= 15 is 0 Å². The number of nitrogens with one attached hydrogen (secondary N) is 1. The van der Waals surface area contributed by atoms with Gasteiger partial charge in [-0.1, -0.05) is 30.7 Å². The third-order valence-electron chi connectivity index (χ3n) is 5.00. The van der Waals surface area contributed by atoms with Crippen LogP contribution in [0.2, 0.25) is 5.15 Å². The fourth-order valence-electron chi connectivity index (χ4n) is 3.55. The van der Waals surface area contributed by atoms with E-state index in [-0.39, 0.29) is 17.8 Å². The lowest BCUT2D eigenvalue weighted by molar-refractivity contribution is 0.0910. The molecule has 0 atom stereocenters. The maximum atomic E-state index is 13.1. The zero-order valence-corrected chi connectivity index (χ0v) is 16.6. The predicted octanol–water partition coefficient (Wildman–Crippen LogP) is 3.64. The summed E-state index contributed by atoms with van der Waals surface area (Å²) in [5, 5.41) is 7.83. The molecule has 1 fully saturated rings. The second kappa shape index (κ2) is 8.85. The summed E-state index contributed by atoms with van der Waals surface area (Å²) in [5.41, 5.74) is 1.90. The number of halogens is 2. The van der Waals surface area contributed by atoms with Crippen LogP contribution in [-0.2, 0) is 6.54 Å². The molecule has 1 amide bonds. The summed E-state index contributed by atoms with van der Waals surface area (Å²) in [6.45, 7) is 7.49. The smallest absolute Gasteiger partial charge is 0.256 e. The summed E-state index contributed by atoms with van der Waals surface area (Å²) < 4.78 is 14.7. The fourth-order valence-corrected chi connectivity index (χ4v) is 3.87. The molecule has 1 aromatic heterocycles. The molecule has 0 saturated carbocycles. The molecule has 1 saturated heterocycles. The van der Waals surface area contributed by atoms with Crippen LogP contribution in [0.4, 0.5) is 4.39 Å². The Bertz CT molecular complexity index is 782. The number of aryl methyl sites for hydroxylation is 1. The zero-order valence-electron chi connectivity index (χ0n) is 15.8. The highest BCUT2D eigenvalue weighted by Crippen LogP contribution is 2.22. The number of hydrogen-bond acceptors (Lipinski definition) is 3. The lowest BCUT2D eigenvalue weighted by Gasteiger charge is -2.32. The topological polar surface area (TPSA) is 50.2 Å². The Morgan fingerprint density at radius 3 is 2.59 bits per heavy atom. The third-order valence-corrected chi connectivity index (χ3v) is 5.38. The van der Waals surface area contributed by atoms with Crippen LogP contribution in [0.5, 0.6) is 0 Å². The fraction of sp³-hybridized carbons (Fsp3) is 0.500. The van der Waals surface area contributed by atoms with Crippen LogP contribution in [0.15, 0.2) is 24.3 Å². The zero-order chi connectivity index (χ0) is 19.4. The van der Waals surface area contributed by atoms with E-state index in [9.17, 15) is 9.18 Å². The normalized spacial score (nSPS) is 15.9. The van der Waals surface area contributed by atoms with Gasteiger partial charge in [-0.3, -0.25) is 4.79 Å². The van der Waals surface area contributed by atoms with Gasteiger partial charge in [0.2, 0.25) is 0 Å². The summed E-state index contributed by atoms with van der Waals surface area (Å²) in [6.07, 6.45) is 3.05. The summed E-state index contributed by atoms with van der Waals surface area (Å²) in [4.78, 5) is 15.2. The first-order valence-electron chi connectivity index (χ1n) is 9.48. The van der Waals surface area contributed by atoms with Gasteiger partial charge in [0, 0.05) is 19.1 Å². The van der Waals surface area contributed by atoms with E-state index in [1.54, 1.807) is 23.7 Å². The Labute approximate surface area is 164 Å². The predicted molar refractivity (Wildman–Crippen MR) is 105 cm³/mol. The molecule has 3 rings (SSSR count). The Morgan fingerprint density at radius 2 is 1.96 bits per heavy atom. The van der Waals surface area contributed by atoms with Crippen LogP contribution in [-0.4, -0.2) is 46.3 Å². The van der Waals surface area contributed by atoms with Crippen molar-refractivity contribution in [2.45, 2.75) is 45.7 Å². The van der Waals surface area contributed by atoms with Gasteiger partial charge < -0.3 is 10.2 Å². The molecule has 1 aliphatic rings. The van der Waals surface area contributed by atoms with E-state index in [0.29, 0.717) is 23.0 Å². The molecule has 0 bridgehead atoms. The number of rotatable bonds is 6. The Morgan fingerprint density at radius 1 is 1.30 bits per heavy atom. The Hall–Kier alpha value is -1.92. The summed E-state index contributed by atoms with van der Waals surface area (Å²) in [5.74, 6) is -0.455. The summed E-state index contributed by atoms with van der Waals surface area (Å²) in [6, 6.07) is 6.34. The van der Waals surface area contributed by atoms with E-state index in [4.69, 9.17) is 11.6 Å². The van der Waals surface area contributed by atoms with Crippen LogP contribution in [0.25, 0.3) is 0 Å². The number of amides is 1. The van der Waals surface area contributed by atoms with Gasteiger partial charge in [-0.25, -0.2) is 9.07 Å². The molecular weight excluding hydrogens is 367 g/mol. The van der Waals surface area contributed by atoms with Crippen molar-refractivity contribution in [2.24, 2.45) is 0 Å². The molecule has 2 aromatic rings. The van der Waals surface area contributed by atoms with Gasteiger partial charge in [0.15, 0.2) is 0 Å². The van der Waals surface area contributed by atoms with Gasteiger partial charge in [0.25, 0.3) is 5.91 Å². The van der Waals surface area contributed by atoms with E-state index in [1.165, 1.54) is 12.1 Å². The van der Waals surface area contributed by atoms with Crippen molar-refractivity contribution >= 4 is 17.5 Å². The number of likely N-dealkylation sites (tertiary alicyclic amines) is 1. The van der Waals surface area contributed by atoms with Gasteiger partial charge in [-0.05, 0) is 50.4 Å². The summed E-state index contributed by atoms with van der Waals surface area (Å²) >= 11 is 6.45. The SMILES string of the molecule is CCCN1CCC(NC(=O)c2c(C)nn(Cc3ccc(F)cc3)c2Cl)CC1. The molecule has 146 valence electrons. The average molecular weight is 393 g/mol. The first kappa shape index (κ1) is 19.8. The molecular formula is C20H26ClFN4O. The van der Waals surface area contributed by atoms with E-state index in [1.807, 2.05) is 0 Å². The molecule has 27 heavy (non-hydrogen) atoms. The van der Waals surface area contributed by atoms with Crippen molar-refractivity contribution in [1.82, 2.24) is 20.0 Å². The number of carbonyl (C=O) groups excluding carboxylic acids is 1. The number of hydrogen-bond donors (Lipinski definition) is 1. The van der Waals surface area contributed by atoms with Crippen LogP contribution < -0.4 is 5.32 Å². The van der Waals surface area contributed by atoms with Gasteiger partial charge in [0.05, 0.1) is 17.8 Å². The Balaban J connectivity index is 1.65. The highest BCUT2D eigenvalue weighted by molar-refractivity contribution is 6.33. The minimum absolute atomic E-state index is 0.168. The minimum atomic E-state index is -0.286. The second-order valence-electron chi connectivity index (χ2n) is 7.12. The number of piperidine rings is 1. The number of benzene rings is 1. The molecule has 0 radical (unpaired) electrons. The van der Waals surface area contributed by atoms with Gasteiger partial charge in [0.1, 0.15) is 11.0 Å². The first-order chi connectivity index (χ1) is 13.0. The average Bonchev–Trinajstić information content (AvgIpc) is 2.92. The maximum absolute atomic E-state index is 13.1. The van der Waals surface area contributed by atoms with E-state index < -0.39 is 0 Å². The molecule has 1 aromatic carbocycles. The highest BCUT2D eigenvalue weighted by Gasteiger charge is 2.25. The number of nitrogens with zero attached hydrogens (tertiary/aromatic N) is 3. The molecule has 0 spiro atoms. The minimum Gasteiger partial charge on any atom is -0.349 e. The van der Waals surface area contributed by atoms with Crippen LogP contribution in [0.1, 0.15) is 47.8 Å². The lowest BCUT2D eigenvalue weighted by Crippen LogP contribution is -2.44. The van der Waals surface area contributed by atoms with Crippen LogP contribution in [0.3, 0.4) is 0 Å². The largest absolute Gasteiger partial charge is 0.349 e. The number of carbonyl (C=O) groups is 1. The second-order valence-corrected chi connectivity index (χ2v) is 7.48. The maximum Gasteiger partial charge on any atom is 0.256 e. The van der Waals surface area contributed by atoms with Crippen LogP contribution >= 0.6 is 11.6 Å². The van der Waals surface area contributed by atoms with Crippen molar-refractivity contribution in [3.8, 4) is 0 Å². The lowest BCUT2D eigenvalue weighted by atomic mass is 10.0. The molecule has 5 nitrogen and oxygen atoms in total. The highest BCUT2D eigenvalue weighted by atomic mass is 35.5. The number of aromatic nitrogens is 2. The molecule has 1 N–H and O–H groups in total. The van der Waals surface area contributed by atoms with Gasteiger partial charge in [-0.15, -0.1) is 0 Å². The van der Waals surface area contributed by atoms with Gasteiger partial charge >= 0.3 is 0 Å². The van der Waals surface area contributed by atoms with E-state index in [2.05, 4.69) is 22.2 Å². The van der Waals surface area contributed by atoms with Crippen molar-refractivity contribution in [2.75, 3.05) is 19.6 Å². The molecule has 0 aliphatic carbocycles. The standard InChI is InChI=1S/C20H26ClFN4O/c1-3-10-25-11-8-17(9-12-25)23-20(27)18-14(2)24-26(19(18)21)13-15-4-6-16(22)7-5-15/h4-7,17H,3,8-13H2,1-2H3,(H,23,27). The first-order valence-corrected chi connectivity index (χ1v) is 9.86. The van der Waals surface area contributed by atoms with Crippen molar-refractivity contribution in [3.05, 3.63) is 52.1 Å². The molecule has 0 unspecified atom stereocenters. The quantitative estimate of drug-likeness (QED) is 0.816. The molecule has 2 heterocycles. The van der Waals surface area contributed by atoms with Gasteiger partial charge in [-0.2, -0.15) is 5.10 Å². The van der Waals surface area contributed by atoms with Crippen LogP contribution in [0, 0.1) is 12.7 Å². The van der Waals surface area contributed by atoms with Crippen molar-refractivity contribution < 1.29 is 9.18 Å². The summed E-state index contributed by atoms with van der Waals surface area (Å²) in [7, 11) is 0. The van der Waals surface area contributed by atoms with E-state index in [0.717, 1.165) is 44.5 Å². The molecule has 1 aliphatic heterocycles. The van der Waals surface area contributed by atoms with Crippen molar-refractivity contribution in [3.63, 3.8) is 0 Å².